The molecule has 0 aliphatic rings. The smallest absolute Gasteiger partial charge is 0.0414 e. The lowest BCUT2D eigenvalue weighted by molar-refractivity contribution is 0.314. The minimum absolute atomic E-state index is 0.933. The topological polar surface area (TPSA) is 0 Å². The Morgan fingerprint density at radius 1 is 0.500 bits per heavy atom. The van der Waals surface area contributed by atoms with Gasteiger partial charge in [-0.25, -0.2) is 0 Å². The van der Waals surface area contributed by atoms with Crippen LogP contribution in [0.2, 0.25) is 0 Å². The van der Waals surface area contributed by atoms with Gasteiger partial charge in [0.2, 0.25) is 0 Å². The quantitative estimate of drug-likeness (QED) is 0.287. The van der Waals surface area contributed by atoms with E-state index in [1.807, 2.05) is 0 Å². The molecule has 0 amide bonds. The van der Waals surface area contributed by atoms with Gasteiger partial charge in [0, 0.05) is 0 Å². The number of hydrogen-bond donors (Lipinski definition) is 0. The van der Waals surface area contributed by atoms with Crippen LogP contribution in [0.1, 0.15) is 112 Å². The summed E-state index contributed by atoms with van der Waals surface area (Å²) >= 11 is 0. The van der Waals surface area contributed by atoms with Crippen LogP contribution >= 0.6 is 0 Å². The van der Waals surface area contributed by atoms with Gasteiger partial charge in [-0.15, -0.1) is 0 Å². The maximum atomic E-state index is 2.48. The third-order valence-electron chi connectivity index (χ3n) is 5.15. The summed E-state index contributed by atoms with van der Waals surface area (Å²) in [6, 6.07) is 0. The molecule has 122 valence electrons. The predicted octanol–water partition coefficient (Wildman–Crippen LogP) is 7.62. The number of unbranched alkanes of at least 4 members (excludes halogenated alkanes) is 3. The molecule has 0 saturated carbocycles. The fourth-order valence-corrected chi connectivity index (χ4v) is 3.43. The van der Waals surface area contributed by atoms with Gasteiger partial charge in [0.25, 0.3) is 0 Å². The molecule has 0 aromatic carbocycles. The standard InChI is InChI=1S/C20H42/c1-6-9-10-15-18(4)19(5)16-11-12-17-20(13-7-2)14-8-3/h18-20H,6-17H2,1-5H3. The van der Waals surface area contributed by atoms with E-state index in [1.54, 1.807) is 0 Å². The highest BCUT2D eigenvalue weighted by atomic mass is 14.2. The molecule has 0 fully saturated rings. The molecule has 0 rings (SSSR count). The Bertz CT molecular complexity index is 178. The van der Waals surface area contributed by atoms with Crippen molar-refractivity contribution in [3.8, 4) is 0 Å². The molecule has 20 heavy (non-hydrogen) atoms. The molecular weight excluding hydrogens is 240 g/mol. The second-order valence-electron chi connectivity index (χ2n) is 7.18. The molecule has 0 aromatic rings. The molecule has 0 N–H and O–H groups in total. The van der Waals surface area contributed by atoms with E-state index in [2.05, 4.69) is 34.6 Å². The zero-order chi connectivity index (χ0) is 15.2. The van der Waals surface area contributed by atoms with E-state index < -0.39 is 0 Å². The Kier molecular flexibility index (Phi) is 14.0. The van der Waals surface area contributed by atoms with Gasteiger partial charge < -0.3 is 0 Å². The van der Waals surface area contributed by atoms with Crippen molar-refractivity contribution < 1.29 is 0 Å². The largest absolute Gasteiger partial charge is 0.0654 e. The molecule has 2 atom stereocenters. The second kappa shape index (κ2) is 14.0. The van der Waals surface area contributed by atoms with Crippen LogP contribution in [0, 0.1) is 17.8 Å². The SMILES string of the molecule is CCCCCC(C)C(C)CCCCC(CCC)CCC. The van der Waals surface area contributed by atoms with Crippen LogP contribution in [-0.2, 0) is 0 Å². The number of hydrogen-bond acceptors (Lipinski definition) is 0. The summed E-state index contributed by atoms with van der Waals surface area (Å²) in [5.41, 5.74) is 0. The van der Waals surface area contributed by atoms with Crippen LogP contribution in [0.3, 0.4) is 0 Å². The first kappa shape index (κ1) is 20.0. The van der Waals surface area contributed by atoms with Gasteiger partial charge in [0.15, 0.2) is 0 Å². The average Bonchev–Trinajstić information content (AvgIpc) is 2.43. The molecule has 0 saturated heterocycles. The lowest BCUT2D eigenvalue weighted by Gasteiger charge is -2.20. The predicted molar refractivity (Wildman–Crippen MR) is 94.2 cm³/mol. The molecule has 0 aliphatic carbocycles. The Balaban J connectivity index is 3.65. The van der Waals surface area contributed by atoms with Gasteiger partial charge in [-0.1, -0.05) is 112 Å². The first-order valence-electron chi connectivity index (χ1n) is 9.65. The highest BCUT2D eigenvalue weighted by Gasteiger charge is 2.12. The summed E-state index contributed by atoms with van der Waals surface area (Å²) in [5.74, 6) is 2.88. The Hall–Kier alpha value is 0. The maximum Gasteiger partial charge on any atom is -0.0414 e. The van der Waals surface area contributed by atoms with Crippen LogP contribution in [0.15, 0.2) is 0 Å². The van der Waals surface area contributed by atoms with Crippen LogP contribution in [-0.4, -0.2) is 0 Å². The molecule has 0 heteroatoms. The highest BCUT2D eigenvalue weighted by Crippen LogP contribution is 2.25. The summed E-state index contributed by atoms with van der Waals surface area (Å²) < 4.78 is 0. The fourth-order valence-electron chi connectivity index (χ4n) is 3.43. The van der Waals surface area contributed by atoms with E-state index >= 15 is 0 Å². The van der Waals surface area contributed by atoms with E-state index in [0.29, 0.717) is 0 Å². The van der Waals surface area contributed by atoms with E-state index in [4.69, 9.17) is 0 Å². The zero-order valence-corrected chi connectivity index (χ0v) is 15.2. The van der Waals surface area contributed by atoms with Crippen molar-refractivity contribution >= 4 is 0 Å². The molecule has 0 spiro atoms. The highest BCUT2D eigenvalue weighted by molar-refractivity contribution is 4.64. The van der Waals surface area contributed by atoms with Crippen molar-refractivity contribution in [1.82, 2.24) is 0 Å². The average molecular weight is 283 g/mol. The Morgan fingerprint density at radius 2 is 0.950 bits per heavy atom. The molecule has 0 heterocycles. The minimum Gasteiger partial charge on any atom is -0.0654 e. The first-order valence-corrected chi connectivity index (χ1v) is 9.65. The van der Waals surface area contributed by atoms with Crippen molar-refractivity contribution in [1.29, 1.82) is 0 Å². The number of rotatable bonds is 14. The van der Waals surface area contributed by atoms with Crippen LogP contribution in [0.5, 0.6) is 0 Å². The lowest BCUT2D eigenvalue weighted by Crippen LogP contribution is -2.08. The summed E-state index contributed by atoms with van der Waals surface area (Å²) in [5, 5.41) is 0. The molecule has 0 aromatic heterocycles. The van der Waals surface area contributed by atoms with Crippen molar-refractivity contribution in [3.63, 3.8) is 0 Å². The van der Waals surface area contributed by atoms with Crippen molar-refractivity contribution in [2.45, 2.75) is 112 Å². The van der Waals surface area contributed by atoms with Gasteiger partial charge in [0.05, 0.1) is 0 Å². The minimum atomic E-state index is 0.933. The van der Waals surface area contributed by atoms with Crippen LogP contribution in [0.25, 0.3) is 0 Å². The molecule has 2 unspecified atom stereocenters. The van der Waals surface area contributed by atoms with Crippen LogP contribution in [0.4, 0.5) is 0 Å². The third-order valence-corrected chi connectivity index (χ3v) is 5.15. The molecular formula is C20H42. The normalized spacial score (nSPS) is 14.7. The van der Waals surface area contributed by atoms with E-state index in [-0.39, 0.29) is 0 Å². The van der Waals surface area contributed by atoms with Crippen molar-refractivity contribution in [3.05, 3.63) is 0 Å². The van der Waals surface area contributed by atoms with E-state index in [9.17, 15) is 0 Å². The van der Waals surface area contributed by atoms with Gasteiger partial charge in [-0.2, -0.15) is 0 Å². The van der Waals surface area contributed by atoms with Crippen molar-refractivity contribution in [2.24, 2.45) is 17.8 Å². The van der Waals surface area contributed by atoms with Gasteiger partial charge in [0.1, 0.15) is 0 Å². The molecule has 0 nitrogen and oxygen atoms in total. The molecule has 0 radical (unpaired) electrons. The first-order chi connectivity index (χ1) is 9.65. The van der Waals surface area contributed by atoms with Gasteiger partial charge in [-0.05, 0) is 17.8 Å². The fraction of sp³-hybridized carbons (Fsp3) is 1.00. The lowest BCUT2D eigenvalue weighted by atomic mass is 9.86. The second-order valence-corrected chi connectivity index (χ2v) is 7.18. The summed E-state index contributed by atoms with van der Waals surface area (Å²) in [6.45, 7) is 11.9. The van der Waals surface area contributed by atoms with Gasteiger partial charge >= 0.3 is 0 Å². The van der Waals surface area contributed by atoms with Gasteiger partial charge in [-0.3, -0.25) is 0 Å². The summed E-state index contributed by atoms with van der Waals surface area (Å²) in [4.78, 5) is 0. The van der Waals surface area contributed by atoms with Crippen LogP contribution < -0.4 is 0 Å². The molecule has 0 bridgehead atoms. The summed E-state index contributed by atoms with van der Waals surface area (Å²) in [6.07, 6.45) is 17.2. The van der Waals surface area contributed by atoms with E-state index in [1.165, 1.54) is 77.0 Å². The monoisotopic (exact) mass is 282 g/mol. The zero-order valence-electron chi connectivity index (χ0n) is 15.2. The Labute approximate surface area is 130 Å². The summed E-state index contributed by atoms with van der Waals surface area (Å²) in [7, 11) is 0. The van der Waals surface area contributed by atoms with Crippen molar-refractivity contribution in [2.75, 3.05) is 0 Å². The van der Waals surface area contributed by atoms with E-state index in [0.717, 1.165) is 17.8 Å². The maximum absolute atomic E-state index is 2.48. The third kappa shape index (κ3) is 10.7. The molecule has 0 aliphatic heterocycles. The Morgan fingerprint density at radius 3 is 1.40 bits per heavy atom.